The molecule has 0 bridgehead atoms. The Morgan fingerprint density at radius 2 is 2.10 bits per heavy atom. The van der Waals surface area contributed by atoms with E-state index < -0.39 is 42.9 Å². The molecule has 2 atom stereocenters. The molecule has 9 nitrogen and oxygen atoms in total. The highest BCUT2D eigenvalue weighted by Crippen LogP contribution is 2.20. The summed E-state index contributed by atoms with van der Waals surface area (Å²) >= 11 is 0. The molecule has 3 rings (SSSR count). The number of pyridine rings is 1. The second kappa shape index (κ2) is 15.8. The fraction of sp³-hybridized carbons (Fsp3) is 0.517. The maximum Gasteiger partial charge on any atom is 0.326 e. The number of fused-ring (bicyclic) bond motifs is 1. The molecule has 1 aromatic carbocycles. The van der Waals surface area contributed by atoms with Gasteiger partial charge in [0.15, 0.2) is 0 Å². The number of carbonyl (C=O) groups is 2. The van der Waals surface area contributed by atoms with Crippen molar-refractivity contribution in [1.82, 2.24) is 15.2 Å². The van der Waals surface area contributed by atoms with Gasteiger partial charge in [0, 0.05) is 38.0 Å². The molecule has 0 aliphatic carbocycles. The third-order valence-electron chi connectivity index (χ3n) is 7.02. The topological polar surface area (TPSA) is 128 Å². The second-order valence-corrected chi connectivity index (χ2v) is 9.91. The predicted octanol–water partition coefficient (Wildman–Crippen LogP) is 3.26. The number of carboxylic acid groups (broad SMARTS) is 1. The molecule has 0 spiro atoms. The van der Waals surface area contributed by atoms with Crippen LogP contribution in [-0.2, 0) is 33.6 Å². The molecule has 1 amide bonds. The number of aryl methyl sites for hydroxylation is 2. The molecule has 0 saturated carbocycles. The van der Waals surface area contributed by atoms with Crippen LogP contribution in [0, 0.1) is 17.1 Å². The van der Waals surface area contributed by atoms with Gasteiger partial charge in [-0.15, -0.1) is 0 Å². The maximum atomic E-state index is 14.2. The van der Waals surface area contributed by atoms with Gasteiger partial charge in [-0.05, 0) is 68.8 Å². The lowest BCUT2D eigenvalue weighted by Gasteiger charge is -2.27. The smallest absolute Gasteiger partial charge is 0.326 e. The van der Waals surface area contributed by atoms with Crippen LogP contribution in [0.15, 0.2) is 30.3 Å². The number of nitrogens with one attached hydrogen (secondary N) is 2. The Morgan fingerprint density at radius 3 is 2.83 bits per heavy atom. The lowest BCUT2D eigenvalue weighted by Crippen LogP contribution is -2.45. The average Bonchev–Trinajstić information content (AvgIpc) is 2.96. The number of halogens is 2. The minimum atomic E-state index is -1.23. The average molecular weight is 558 g/mol. The van der Waals surface area contributed by atoms with Gasteiger partial charge in [0.05, 0.1) is 24.2 Å². The molecule has 0 saturated heterocycles. The van der Waals surface area contributed by atoms with E-state index in [9.17, 15) is 28.7 Å². The van der Waals surface area contributed by atoms with Gasteiger partial charge in [0.1, 0.15) is 24.4 Å². The number of anilines is 1. The Bertz CT molecular complexity index is 1190. The Morgan fingerprint density at radius 1 is 1.27 bits per heavy atom. The fourth-order valence-corrected chi connectivity index (χ4v) is 4.74. The lowest BCUT2D eigenvalue weighted by atomic mass is 10.0. The Labute approximate surface area is 233 Å². The number of ether oxygens (including phenoxy) is 1. The third kappa shape index (κ3) is 9.24. The van der Waals surface area contributed by atoms with Crippen molar-refractivity contribution >= 4 is 17.7 Å². The summed E-state index contributed by atoms with van der Waals surface area (Å²) in [6.07, 6.45) is 3.49. The van der Waals surface area contributed by atoms with E-state index in [0.29, 0.717) is 6.54 Å². The van der Waals surface area contributed by atoms with Crippen molar-refractivity contribution in [3.63, 3.8) is 0 Å². The van der Waals surface area contributed by atoms with Gasteiger partial charge in [-0.1, -0.05) is 12.1 Å². The van der Waals surface area contributed by atoms with E-state index in [-0.39, 0.29) is 30.6 Å². The third-order valence-corrected chi connectivity index (χ3v) is 7.02. The molecule has 11 heteroatoms. The Balaban J connectivity index is 1.54. The number of nitriles is 1. The number of alkyl halides is 1. The predicted molar refractivity (Wildman–Crippen MR) is 146 cm³/mol. The number of benzene rings is 1. The van der Waals surface area contributed by atoms with Gasteiger partial charge in [-0.25, -0.2) is 18.6 Å². The summed E-state index contributed by atoms with van der Waals surface area (Å²) in [7, 11) is 1.43. The van der Waals surface area contributed by atoms with Crippen LogP contribution in [-0.4, -0.2) is 79.0 Å². The van der Waals surface area contributed by atoms with Crippen LogP contribution >= 0.6 is 0 Å². The number of rotatable bonds is 16. The van der Waals surface area contributed by atoms with Crippen molar-refractivity contribution in [3.8, 4) is 6.07 Å². The number of carbonyl (C=O) groups excluding carboxylic acids is 1. The minimum absolute atomic E-state index is 0.0203. The Kier molecular flexibility index (Phi) is 12.2. The van der Waals surface area contributed by atoms with E-state index in [1.165, 1.54) is 24.8 Å². The van der Waals surface area contributed by atoms with Crippen molar-refractivity contribution in [3.05, 3.63) is 58.5 Å². The number of aromatic nitrogens is 1. The molecule has 1 aliphatic heterocycles. The second-order valence-electron chi connectivity index (χ2n) is 9.91. The van der Waals surface area contributed by atoms with Crippen LogP contribution < -0.4 is 10.6 Å². The number of nitrogens with zero attached hydrogens (tertiary/aromatic N) is 3. The molecule has 40 heavy (non-hydrogen) atoms. The largest absolute Gasteiger partial charge is 0.480 e. The lowest BCUT2D eigenvalue weighted by molar-refractivity contribution is -0.142. The van der Waals surface area contributed by atoms with Gasteiger partial charge in [-0.2, -0.15) is 5.26 Å². The molecule has 2 heterocycles. The van der Waals surface area contributed by atoms with E-state index in [0.717, 1.165) is 56.2 Å². The highest BCUT2D eigenvalue weighted by atomic mass is 19.1. The molecule has 1 aliphatic rings. The first kappa shape index (κ1) is 30.9. The number of amides is 1. The number of hydrogen-bond donors (Lipinski definition) is 3. The number of hydrogen-bond acceptors (Lipinski definition) is 7. The van der Waals surface area contributed by atoms with Crippen molar-refractivity contribution in [2.45, 2.75) is 57.1 Å². The van der Waals surface area contributed by atoms with Crippen molar-refractivity contribution in [2.24, 2.45) is 0 Å². The van der Waals surface area contributed by atoms with Gasteiger partial charge in [0.25, 0.3) is 0 Å². The first-order valence-electron chi connectivity index (χ1n) is 13.6. The molecule has 1 aromatic heterocycles. The highest BCUT2D eigenvalue weighted by Gasteiger charge is 2.23. The molecular formula is C29H37F2N5O4. The normalized spacial score (nSPS) is 14.1. The number of methoxy groups -OCH3 is 1. The minimum Gasteiger partial charge on any atom is -0.480 e. The Hall–Kier alpha value is -3.62. The zero-order valence-electron chi connectivity index (χ0n) is 22.8. The van der Waals surface area contributed by atoms with Crippen LogP contribution in [0.5, 0.6) is 0 Å². The summed E-state index contributed by atoms with van der Waals surface area (Å²) in [5, 5.41) is 24.7. The van der Waals surface area contributed by atoms with Crippen LogP contribution in [0.25, 0.3) is 0 Å². The van der Waals surface area contributed by atoms with Crippen LogP contribution in [0.2, 0.25) is 0 Å². The van der Waals surface area contributed by atoms with E-state index in [1.807, 2.05) is 11.0 Å². The summed E-state index contributed by atoms with van der Waals surface area (Å²) in [5.74, 6) is -1.68. The van der Waals surface area contributed by atoms with E-state index >= 15 is 0 Å². The number of aliphatic carboxylic acids is 1. The summed E-state index contributed by atoms with van der Waals surface area (Å²) in [6, 6.07) is 8.69. The zero-order chi connectivity index (χ0) is 28.9. The first-order chi connectivity index (χ1) is 19.3. The molecule has 0 unspecified atom stereocenters. The molecule has 216 valence electrons. The van der Waals surface area contributed by atoms with Crippen LogP contribution in [0.3, 0.4) is 0 Å². The summed E-state index contributed by atoms with van der Waals surface area (Å²) < 4.78 is 32.8. The molecule has 0 radical (unpaired) electrons. The van der Waals surface area contributed by atoms with Gasteiger partial charge < -0.3 is 25.4 Å². The molecule has 0 fully saturated rings. The first-order valence-corrected chi connectivity index (χ1v) is 13.6. The van der Waals surface area contributed by atoms with Gasteiger partial charge >= 0.3 is 5.97 Å². The van der Waals surface area contributed by atoms with Crippen LogP contribution in [0.4, 0.5) is 14.6 Å². The van der Waals surface area contributed by atoms with E-state index in [1.54, 1.807) is 0 Å². The standard InChI is InChI=1S/C29H37F2N5O4/c1-40-23(17-30)19-36(14-3-2-8-22-11-10-20-7-5-13-33-28(20)34-22)15-12-26(29(38)39)35-27(37)16-24-21(18-32)6-4-9-25(24)31/h4,6,9-11,23,26H,2-3,5,7-8,12-17,19H2,1H3,(H,33,34)(H,35,37)(H,38,39)/t23-,26+/m1/s1. The monoisotopic (exact) mass is 557 g/mol. The molecule has 3 N–H and O–H groups in total. The van der Waals surface area contributed by atoms with Crippen molar-refractivity contribution < 1.29 is 28.2 Å². The van der Waals surface area contributed by atoms with Gasteiger partial charge in [0.2, 0.25) is 5.91 Å². The zero-order valence-corrected chi connectivity index (χ0v) is 22.8. The summed E-state index contributed by atoms with van der Waals surface area (Å²) in [5.41, 5.74) is 2.18. The van der Waals surface area contributed by atoms with Crippen LogP contribution in [0.1, 0.15) is 48.1 Å². The van der Waals surface area contributed by atoms with Crippen molar-refractivity contribution in [2.75, 3.05) is 45.3 Å². The number of unbranched alkanes of at least 4 members (excludes halogenated alkanes) is 1. The quantitative estimate of drug-likeness (QED) is 0.269. The highest BCUT2D eigenvalue weighted by molar-refractivity contribution is 5.85. The fourth-order valence-electron chi connectivity index (χ4n) is 4.74. The molecular weight excluding hydrogens is 520 g/mol. The van der Waals surface area contributed by atoms with Crippen molar-refractivity contribution in [1.29, 1.82) is 5.26 Å². The summed E-state index contributed by atoms with van der Waals surface area (Å²) in [4.78, 5) is 31.1. The summed E-state index contributed by atoms with van der Waals surface area (Å²) in [6.45, 7) is 1.39. The van der Waals surface area contributed by atoms with E-state index in [4.69, 9.17) is 9.72 Å². The SMILES string of the molecule is CO[C@H](CF)CN(CCCCc1ccc2c(n1)NCCC2)CC[C@H](NC(=O)Cc1c(F)cccc1C#N)C(=O)O. The van der Waals surface area contributed by atoms with Gasteiger partial charge in [-0.3, -0.25) is 4.79 Å². The maximum absolute atomic E-state index is 14.2. The number of carboxylic acids is 1. The molecule has 2 aromatic rings. The van der Waals surface area contributed by atoms with E-state index in [2.05, 4.69) is 22.8 Å².